The SMILES string of the molecule is CCCCCCCN1CCCNCCNCCCNCC1. The lowest BCUT2D eigenvalue weighted by atomic mass is 10.1. The highest BCUT2D eigenvalue weighted by Gasteiger charge is 2.04. The molecule has 1 aliphatic rings. The van der Waals surface area contributed by atoms with Crippen LogP contribution in [0.1, 0.15) is 51.9 Å². The van der Waals surface area contributed by atoms with Crippen LogP contribution >= 0.6 is 0 Å². The Balaban J connectivity index is 2.15. The fourth-order valence-corrected chi connectivity index (χ4v) is 2.83. The van der Waals surface area contributed by atoms with E-state index in [4.69, 9.17) is 0 Å². The van der Waals surface area contributed by atoms with Gasteiger partial charge in [0.2, 0.25) is 0 Å². The van der Waals surface area contributed by atoms with Crippen LogP contribution in [0.3, 0.4) is 0 Å². The van der Waals surface area contributed by atoms with Gasteiger partial charge >= 0.3 is 0 Å². The summed E-state index contributed by atoms with van der Waals surface area (Å²) in [5, 5.41) is 10.6. The van der Waals surface area contributed by atoms with Crippen molar-refractivity contribution in [2.45, 2.75) is 51.9 Å². The zero-order valence-corrected chi connectivity index (χ0v) is 14.3. The van der Waals surface area contributed by atoms with Crippen LogP contribution < -0.4 is 16.0 Å². The van der Waals surface area contributed by atoms with E-state index in [-0.39, 0.29) is 0 Å². The average molecular weight is 299 g/mol. The monoisotopic (exact) mass is 298 g/mol. The van der Waals surface area contributed by atoms with Crippen LogP contribution in [0, 0.1) is 0 Å². The van der Waals surface area contributed by atoms with Crippen molar-refractivity contribution < 1.29 is 0 Å². The fourth-order valence-electron chi connectivity index (χ4n) is 2.83. The van der Waals surface area contributed by atoms with Gasteiger partial charge in [-0.1, -0.05) is 32.6 Å². The van der Waals surface area contributed by atoms with Crippen molar-refractivity contribution in [3.8, 4) is 0 Å². The Bertz CT molecular complexity index is 194. The smallest absolute Gasteiger partial charge is 0.0107 e. The molecule has 0 aromatic carbocycles. The minimum absolute atomic E-state index is 1.10. The quantitative estimate of drug-likeness (QED) is 0.654. The zero-order valence-electron chi connectivity index (χ0n) is 14.3. The van der Waals surface area contributed by atoms with Crippen molar-refractivity contribution in [2.75, 3.05) is 58.9 Å². The summed E-state index contributed by atoms with van der Waals surface area (Å²) in [7, 11) is 0. The highest BCUT2D eigenvalue weighted by atomic mass is 15.1. The van der Waals surface area contributed by atoms with Crippen LogP contribution in [0.2, 0.25) is 0 Å². The third-order valence-corrected chi connectivity index (χ3v) is 4.20. The number of hydrogen-bond donors (Lipinski definition) is 3. The van der Waals surface area contributed by atoms with Gasteiger partial charge in [-0.2, -0.15) is 0 Å². The van der Waals surface area contributed by atoms with Crippen LogP contribution in [0.5, 0.6) is 0 Å². The molecule has 21 heavy (non-hydrogen) atoms. The molecule has 0 saturated carbocycles. The number of nitrogens with one attached hydrogen (secondary N) is 3. The van der Waals surface area contributed by atoms with Crippen LogP contribution in [0.15, 0.2) is 0 Å². The third kappa shape index (κ3) is 12.1. The molecule has 0 unspecified atom stereocenters. The van der Waals surface area contributed by atoms with E-state index in [1.807, 2.05) is 0 Å². The van der Waals surface area contributed by atoms with Gasteiger partial charge in [0.25, 0.3) is 0 Å². The normalized spacial score (nSPS) is 21.0. The van der Waals surface area contributed by atoms with Crippen molar-refractivity contribution in [3.05, 3.63) is 0 Å². The summed E-state index contributed by atoms with van der Waals surface area (Å²) in [4.78, 5) is 2.66. The maximum Gasteiger partial charge on any atom is 0.0107 e. The van der Waals surface area contributed by atoms with Crippen molar-refractivity contribution in [1.29, 1.82) is 0 Å². The summed E-state index contributed by atoms with van der Waals surface area (Å²) >= 11 is 0. The van der Waals surface area contributed by atoms with E-state index in [0.29, 0.717) is 0 Å². The summed E-state index contributed by atoms with van der Waals surface area (Å²) in [6.45, 7) is 12.8. The summed E-state index contributed by atoms with van der Waals surface area (Å²) < 4.78 is 0. The largest absolute Gasteiger partial charge is 0.315 e. The highest BCUT2D eigenvalue weighted by Crippen LogP contribution is 2.04. The predicted octanol–water partition coefficient (Wildman–Crippen LogP) is 1.82. The predicted molar refractivity (Wildman–Crippen MR) is 93.0 cm³/mol. The van der Waals surface area contributed by atoms with Gasteiger partial charge in [0.15, 0.2) is 0 Å². The van der Waals surface area contributed by atoms with Gasteiger partial charge in [0.05, 0.1) is 0 Å². The molecule has 0 radical (unpaired) electrons. The maximum absolute atomic E-state index is 3.58. The standard InChI is InChI=1S/C17H38N4/c1-2-3-4-5-6-15-21-16-8-11-19-13-12-18-9-7-10-20-14-17-21/h18-20H,2-17H2,1H3. The van der Waals surface area contributed by atoms with E-state index in [1.165, 1.54) is 64.6 Å². The Hall–Kier alpha value is -0.160. The topological polar surface area (TPSA) is 39.3 Å². The van der Waals surface area contributed by atoms with Gasteiger partial charge < -0.3 is 20.9 Å². The van der Waals surface area contributed by atoms with E-state index in [9.17, 15) is 0 Å². The highest BCUT2D eigenvalue weighted by molar-refractivity contribution is 4.64. The first-order chi connectivity index (χ1) is 10.4. The van der Waals surface area contributed by atoms with Gasteiger partial charge in [-0.25, -0.2) is 0 Å². The maximum atomic E-state index is 3.58. The molecule has 126 valence electrons. The van der Waals surface area contributed by atoms with Crippen molar-refractivity contribution in [1.82, 2.24) is 20.9 Å². The average Bonchev–Trinajstić information content (AvgIpc) is 2.50. The Labute approximate surface area is 132 Å². The summed E-state index contributed by atoms with van der Waals surface area (Å²) in [5.41, 5.74) is 0. The molecule has 0 spiro atoms. The first-order valence-corrected chi connectivity index (χ1v) is 9.28. The zero-order chi connectivity index (χ0) is 15.0. The summed E-state index contributed by atoms with van der Waals surface area (Å²) in [6.07, 6.45) is 9.44. The number of rotatable bonds is 6. The molecule has 0 aromatic rings. The van der Waals surface area contributed by atoms with Crippen LogP contribution in [-0.4, -0.2) is 63.8 Å². The molecule has 0 aromatic heterocycles. The molecule has 3 N–H and O–H groups in total. The molecule has 1 aliphatic heterocycles. The van der Waals surface area contributed by atoms with Gasteiger partial charge in [-0.3, -0.25) is 0 Å². The molecule has 1 fully saturated rings. The molecule has 1 saturated heterocycles. The number of unbranched alkanes of at least 4 members (excludes halogenated alkanes) is 4. The van der Waals surface area contributed by atoms with Crippen molar-refractivity contribution in [2.24, 2.45) is 0 Å². The third-order valence-electron chi connectivity index (χ3n) is 4.20. The Kier molecular flexibility index (Phi) is 13.3. The molecule has 0 bridgehead atoms. The molecule has 0 atom stereocenters. The Morgan fingerprint density at radius 2 is 1.33 bits per heavy atom. The van der Waals surface area contributed by atoms with E-state index >= 15 is 0 Å². The van der Waals surface area contributed by atoms with Gasteiger partial charge in [-0.15, -0.1) is 0 Å². The molecular weight excluding hydrogens is 260 g/mol. The Morgan fingerprint density at radius 3 is 2.10 bits per heavy atom. The Morgan fingerprint density at radius 1 is 0.667 bits per heavy atom. The summed E-state index contributed by atoms with van der Waals surface area (Å²) in [6, 6.07) is 0. The summed E-state index contributed by atoms with van der Waals surface area (Å²) in [5.74, 6) is 0. The van der Waals surface area contributed by atoms with Crippen LogP contribution in [0.25, 0.3) is 0 Å². The van der Waals surface area contributed by atoms with Crippen LogP contribution in [-0.2, 0) is 0 Å². The van der Waals surface area contributed by atoms with E-state index in [1.54, 1.807) is 0 Å². The number of nitrogens with zero attached hydrogens (tertiary/aromatic N) is 1. The molecule has 0 aliphatic carbocycles. The first kappa shape index (κ1) is 18.9. The van der Waals surface area contributed by atoms with Gasteiger partial charge in [-0.05, 0) is 52.0 Å². The molecular formula is C17H38N4. The minimum atomic E-state index is 1.10. The van der Waals surface area contributed by atoms with Gasteiger partial charge in [0, 0.05) is 26.2 Å². The van der Waals surface area contributed by atoms with E-state index < -0.39 is 0 Å². The lowest BCUT2D eigenvalue weighted by Crippen LogP contribution is -2.37. The van der Waals surface area contributed by atoms with Crippen LogP contribution in [0.4, 0.5) is 0 Å². The van der Waals surface area contributed by atoms with E-state index in [0.717, 1.165) is 39.3 Å². The second-order valence-corrected chi connectivity index (χ2v) is 6.21. The molecule has 4 heteroatoms. The number of hydrogen-bond acceptors (Lipinski definition) is 4. The van der Waals surface area contributed by atoms with E-state index in [2.05, 4.69) is 27.8 Å². The first-order valence-electron chi connectivity index (χ1n) is 9.28. The molecule has 1 rings (SSSR count). The lowest BCUT2D eigenvalue weighted by Gasteiger charge is -2.23. The molecule has 4 nitrogen and oxygen atoms in total. The van der Waals surface area contributed by atoms with Crippen molar-refractivity contribution in [3.63, 3.8) is 0 Å². The second kappa shape index (κ2) is 14.8. The minimum Gasteiger partial charge on any atom is -0.315 e. The van der Waals surface area contributed by atoms with Gasteiger partial charge in [0.1, 0.15) is 0 Å². The van der Waals surface area contributed by atoms with Crippen molar-refractivity contribution >= 4 is 0 Å². The lowest BCUT2D eigenvalue weighted by molar-refractivity contribution is 0.261. The molecule has 1 heterocycles. The fraction of sp³-hybridized carbons (Fsp3) is 1.00. The molecule has 0 amide bonds. The second-order valence-electron chi connectivity index (χ2n) is 6.21.